The summed E-state index contributed by atoms with van der Waals surface area (Å²) in [5.41, 5.74) is 4.83. The van der Waals surface area contributed by atoms with E-state index < -0.39 is 44.7 Å². The minimum atomic E-state index is -4.20. The lowest BCUT2D eigenvalue weighted by molar-refractivity contribution is -0.384. The quantitative estimate of drug-likeness (QED) is 0.308. The summed E-state index contributed by atoms with van der Waals surface area (Å²) >= 11 is 0. The molecule has 1 aromatic carbocycles. The number of benzene rings is 1. The van der Waals surface area contributed by atoms with Crippen LogP contribution in [0.2, 0.25) is 0 Å². The van der Waals surface area contributed by atoms with Gasteiger partial charge in [0.1, 0.15) is 4.90 Å². The molecule has 10 nitrogen and oxygen atoms in total. The number of sulfonamides is 1. The number of nitrogens with one attached hydrogen (secondary N) is 1. The van der Waals surface area contributed by atoms with Gasteiger partial charge in [0, 0.05) is 12.1 Å². The number of nitrogen functional groups attached to an aromatic ring is 1. The van der Waals surface area contributed by atoms with Gasteiger partial charge in [-0.05, 0) is 6.07 Å². The molecule has 2 rings (SSSR count). The van der Waals surface area contributed by atoms with E-state index in [1.165, 1.54) is 0 Å². The fraction of sp³-hybridized carbons (Fsp3) is 0.200. The summed E-state index contributed by atoms with van der Waals surface area (Å²) in [7, 11) is -4.20. The van der Waals surface area contributed by atoms with Crippen LogP contribution in [0.4, 0.5) is 11.4 Å². The number of imide groups is 1. The van der Waals surface area contributed by atoms with E-state index in [9.17, 15) is 28.1 Å². The Balaban J connectivity index is 2.42. The number of anilines is 1. The standard InChI is InChI=1S/C10H10N4O6S/c11-7-3-6(14(17)18)1-2-8(7)21(19,20)13-4-9(15)12-10(16)5-13/h1-3H,4-5,11H2,(H,12,15,16). The summed E-state index contributed by atoms with van der Waals surface area (Å²) in [6.45, 7) is -1.05. The summed E-state index contributed by atoms with van der Waals surface area (Å²) in [6.07, 6.45) is 0. The second-order valence-electron chi connectivity index (χ2n) is 4.22. The van der Waals surface area contributed by atoms with Crippen LogP contribution in [0, 0.1) is 10.1 Å². The van der Waals surface area contributed by atoms with Crippen LogP contribution in [0.1, 0.15) is 0 Å². The van der Waals surface area contributed by atoms with Gasteiger partial charge in [-0.15, -0.1) is 0 Å². The maximum atomic E-state index is 12.3. The Morgan fingerprint density at radius 1 is 1.24 bits per heavy atom. The molecular formula is C10H10N4O6S. The predicted molar refractivity (Wildman–Crippen MR) is 69.4 cm³/mol. The van der Waals surface area contributed by atoms with Gasteiger partial charge in [0.05, 0.1) is 23.7 Å². The number of nitrogens with zero attached hydrogens (tertiary/aromatic N) is 2. The van der Waals surface area contributed by atoms with Crippen LogP contribution < -0.4 is 11.1 Å². The fourth-order valence-corrected chi connectivity index (χ4v) is 3.25. The van der Waals surface area contributed by atoms with Crippen molar-refractivity contribution < 1.29 is 22.9 Å². The zero-order valence-corrected chi connectivity index (χ0v) is 11.3. The molecule has 1 fully saturated rings. The van der Waals surface area contributed by atoms with E-state index in [2.05, 4.69) is 0 Å². The van der Waals surface area contributed by atoms with Crippen molar-refractivity contribution in [2.24, 2.45) is 0 Å². The summed E-state index contributed by atoms with van der Waals surface area (Å²) in [5, 5.41) is 12.6. The number of nitrogens with two attached hydrogens (primary N) is 1. The number of hydrogen-bond acceptors (Lipinski definition) is 7. The summed E-state index contributed by atoms with van der Waals surface area (Å²) < 4.78 is 25.3. The molecule has 1 saturated heterocycles. The van der Waals surface area contributed by atoms with Crippen molar-refractivity contribution >= 4 is 33.2 Å². The van der Waals surface area contributed by atoms with Crippen LogP contribution >= 0.6 is 0 Å². The largest absolute Gasteiger partial charge is 0.397 e. The highest BCUT2D eigenvalue weighted by Gasteiger charge is 2.34. The normalized spacial score (nSPS) is 16.6. The summed E-state index contributed by atoms with van der Waals surface area (Å²) in [4.78, 5) is 31.9. The highest BCUT2D eigenvalue weighted by Crippen LogP contribution is 2.26. The molecular weight excluding hydrogens is 304 g/mol. The first-order valence-electron chi connectivity index (χ1n) is 5.58. The van der Waals surface area contributed by atoms with E-state index in [1.54, 1.807) is 0 Å². The van der Waals surface area contributed by atoms with Crippen LogP contribution in [0.25, 0.3) is 0 Å². The number of nitro benzene ring substituents is 1. The van der Waals surface area contributed by atoms with Gasteiger partial charge in [0.2, 0.25) is 21.8 Å². The molecule has 0 aliphatic carbocycles. The van der Waals surface area contributed by atoms with Crippen molar-refractivity contribution in [1.29, 1.82) is 0 Å². The van der Waals surface area contributed by atoms with Crippen molar-refractivity contribution in [1.82, 2.24) is 9.62 Å². The third-order valence-electron chi connectivity index (χ3n) is 2.74. The molecule has 21 heavy (non-hydrogen) atoms. The molecule has 0 spiro atoms. The van der Waals surface area contributed by atoms with E-state index in [4.69, 9.17) is 5.73 Å². The van der Waals surface area contributed by atoms with Crippen molar-refractivity contribution in [3.8, 4) is 0 Å². The number of hydrogen-bond donors (Lipinski definition) is 2. The Hall–Kier alpha value is -2.53. The highest BCUT2D eigenvalue weighted by atomic mass is 32.2. The molecule has 112 valence electrons. The molecule has 0 radical (unpaired) electrons. The second-order valence-corrected chi connectivity index (χ2v) is 6.13. The Bertz CT molecular complexity index is 728. The third-order valence-corrected chi connectivity index (χ3v) is 4.61. The predicted octanol–water partition coefficient (Wildman–Crippen LogP) is -1.18. The molecule has 1 aliphatic rings. The summed E-state index contributed by atoms with van der Waals surface area (Å²) in [6, 6.07) is 2.85. The maximum absolute atomic E-state index is 12.3. The van der Waals surface area contributed by atoms with E-state index >= 15 is 0 Å². The lowest BCUT2D eigenvalue weighted by Gasteiger charge is -2.25. The van der Waals surface area contributed by atoms with Gasteiger partial charge in [-0.25, -0.2) is 8.42 Å². The van der Waals surface area contributed by atoms with Crippen molar-refractivity contribution in [3.63, 3.8) is 0 Å². The number of carbonyl (C=O) groups is 2. The molecule has 0 bridgehead atoms. The van der Waals surface area contributed by atoms with Crippen LogP contribution in [0.15, 0.2) is 23.1 Å². The van der Waals surface area contributed by atoms with Crippen LogP contribution in [0.3, 0.4) is 0 Å². The molecule has 0 atom stereocenters. The zero-order valence-electron chi connectivity index (χ0n) is 10.5. The third kappa shape index (κ3) is 2.83. The number of rotatable bonds is 3. The Kier molecular flexibility index (Phi) is 3.61. The molecule has 3 N–H and O–H groups in total. The van der Waals surface area contributed by atoms with Gasteiger partial charge in [-0.3, -0.25) is 25.0 Å². The summed E-state index contributed by atoms with van der Waals surface area (Å²) in [5.74, 6) is -1.51. The first kappa shape index (κ1) is 14.9. The average molecular weight is 314 g/mol. The van der Waals surface area contributed by atoms with Crippen LogP contribution in [0.5, 0.6) is 0 Å². The Labute approximate surface area is 118 Å². The molecule has 2 amide bonds. The number of non-ortho nitro benzene ring substituents is 1. The van der Waals surface area contributed by atoms with E-state index in [-0.39, 0.29) is 11.4 Å². The number of amides is 2. The first-order valence-corrected chi connectivity index (χ1v) is 7.02. The van der Waals surface area contributed by atoms with Gasteiger partial charge in [0.25, 0.3) is 5.69 Å². The molecule has 1 aliphatic heterocycles. The Morgan fingerprint density at radius 3 is 2.29 bits per heavy atom. The fourth-order valence-electron chi connectivity index (χ4n) is 1.80. The number of piperazine rings is 1. The molecule has 1 heterocycles. The van der Waals surface area contributed by atoms with E-state index in [1.807, 2.05) is 5.32 Å². The number of nitro groups is 1. The molecule has 0 saturated carbocycles. The molecule has 0 unspecified atom stereocenters. The van der Waals surface area contributed by atoms with E-state index in [0.29, 0.717) is 4.31 Å². The van der Waals surface area contributed by atoms with Gasteiger partial charge in [-0.1, -0.05) is 0 Å². The van der Waals surface area contributed by atoms with Gasteiger partial charge in [0.15, 0.2) is 0 Å². The highest BCUT2D eigenvalue weighted by molar-refractivity contribution is 7.89. The van der Waals surface area contributed by atoms with Gasteiger partial charge >= 0.3 is 0 Å². The lowest BCUT2D eigenvalue weighted by Crippen LogP contribution is -2.53. The molecule has 0 aromatic heterocycles. The smallest absolute Gasteiger partial charge is 0.271 e. The van der Waals surface area contributed by atoms with Crippen molar-refractivity contribution in [2.45, 2.75) is 4.90 Å². The molecule has 1 aromatic rings. The van der Waals surface area contributed by atoms with E-state index in [0.717, 1.165) is 18.2 Å². The van der Waals surface area contributed by atoms with Crippen LogP contribution in [-0.2, 0) is 19.6 Å². The lowest BCUT2D eigenvalue weighted by atomic mass is 10.3. The average Bonchev–Trinajstić information content (AvgIpc) is 2.36. The first-order chi connectivity index (χ1) is 9.71. The van der Waals surface area contributed by atoms with Crippen LogP contribution in [-0.4, -0.2) is 42.6 Å². The Morgan fingerprint density at radius 2 is 1.81 bits per heavy atom. The van der Waals surface area contributed by atoms with Crippen molar-refractivity contribution in [3.05, 3.63) is 28.3 Å². The molecule has 11 heteroatoms. The maximum Gasteiger partial charge on any atom is 0.271 e. The zero-order chi connectivity index (χ0) is 15.8. The SMILES string of the molecule is Nc1cc([N+](=O)[O-])ccc1S(=O)(=O)N1CC(=O)NC(=O)C1. The minimum absolute atomic E-state index is 0.331. The second kappa shape index (κ2) is 5.10. The minimum Gasteiger partial charge on any atom is -0.397 e. The number of carbonyl (C=O) groups excluding carboxylic acids is 2. The van der Waals surface area contributed by atoms with Gasteiger partial charge in [-0.2, -0.15) is 4.31 Å². The monoisotopic (exact) mass is 314 g/mol. The van der Waals surface area contributed by atoms with Gasteiger partial charge < -0.3 is 5.73 Å². The topological polar surface area (TPSA) is 153 Å². The van der Waals surface area contributed by atoms with Crippen molar-refractivity contribution in [2.75, 3.05) is 18.8 Å².